The lowest BCUT2D eigenvalue weighted by molar-refractivity contribution is 0.160. The fourth-order valence-electron chi connectivity index (χ4n) is 2.85. The molecule has 0 radical (unpaired) electrons. The highest BCUT2D eigenvalue weighted by molar-refractivity contribution is 7.80. The number of piperidine rings is 1. The van der Waals surface area contributed by atoms with Gasteiger partial charge < -0.3 is 16.0 Å². The SMILES string of the molecule is CC1CCCCN1CCCNc1ccccc1C(N)=S. The standard InChI is InChI=1S/C16H25N3S/c1-13-7-4-5-11-19(13)12-6-10-18-15-9-3-2-8-14(15)16(17)20/h2-3,8-9,13,18H,4-7,10-12H2,1H3,(H2,17,20). The van der Waals surface area contributed by atoms with Crippen molar-refractivity contribution in [2.24, 2.45) is 5.73 Å². The van der Waals surface area contributed by atoms with Crippen LogP contribution in [0.5, 0.6) is 0 Å². The second kappa shape index (κ2) is 7.60. The molecular weight excluding hydrogens is 266 g/mol. The maximum atomic E-state index is 5.74. The van der Waals surface area contributed by atoms with Crippen LogP contribution >= 0.6 is 12.2 Å². The molecule has 3 nitrogen and oxygen atoms in total. The van der Waals surface area contributed by atoms with E-state index >= 15 is 0 Å². The third-order valence-electron chi connectivity index (χ3n) is 4.07. The zero-order valence-corrected chi connectivity index (χ0v) is 13.1. The summed E-state index contributed by atoms with van der Waals surface area (Å²) in [6, 6.07) is 8.73. The number of hydrogen-bond acceptors (Lipinski definition) is 3. The molecule has 2 rings (SSSR count). The Bertz CT molecular complexity index is 447. The number of thiocarbonyl (C=S) groups is 1. The van der Waals surface area contributed by atoms with Gasteiger partial charge in [-0.3, -0.25) is 0 Å². The van der Waals surface area contributed by atoms with Gasteiger partial charge in [0.1, 0.15) is 4.99 Å². The molecule has 1 heterocycles. The van der Waals surface area contributed by atoms with E-state index in [2.05, 4.69) is 17.1 Å². The van der Waals surface area contributed by atoms with Crippen LogP contribution < -0.4 is 11.1 Å². The van der Waals surface area contributed by atoms with Crippen LogP contribution in [0.4, 0.5) is 5.69 Å². The molecule has 1 fully saturated rings. The summed E-state index contributed by atoms with van der Waals surface area (Å²) < 4.78 is 0. The summed E-state index contributed by atoms with van der Waals surface area (Å²) in [6.07, 6.45) is 5.23. The Morgan fingerprint density at radius 1 is 1.40 bits per heavy atom. The topological polar surface area (TPSA) is 41.3 Å². The molecule has 0 saturated carbocycles. The zero-order valence-electron chi connectivity index (χ0n) is 12.3. The molecule has 4 heteroatoms. The van der Waals surface area contributed by atoms with Crippen molar-refractivity contribution in [3.63, 3.8) is 0 Å². The monoisotopic (exact) mass is 291 g/mol. The molecule has 3 N–H and O–H groups in total. The van der Waals surface area contributed by atoms with Crippen molar-refractivity contribution in [2.75, 3.05) is 25.0 Å². The lowest BCUT2D eigenvalue weighted by Gasteiger charge is -2.33. The van der Waals surface area contributed by atoms with E-state index in [1.165, 1.54) is 32.4 Å². The fourth-order valence-corrected chi connectivity index (χ4v) is 3.03. The van der Waals surface area contributed by atoms with Crippen LogP contribution in [0.1, 0.15) is 38.2 Å². The molecule has 1 saturated heterocycles. The lowest BCUT2D eigenvalue weighted by Crippen LogP contribution is -2.38. The van der Waals surface area contributed by atoms with Crippen molar-refractivity contribution in [3.8, 4) is 0 Å². The molecule has 1 aromatic carbocycles. The molecule has 0 bridgehead atoms. The van der Waals surface area contributed by atoms with Gasteiger partial charge in [-0.15, -0.1) is 0 Å². The molecule has 1 atom stereocenters. The average Bonchev–Trinajstić information content (AvgIpc) is 2.45. The number of benzene rings is 1. The number of nitrogens with two attached hydrogens (primary N) is 1. The first kappa shape index (κ1) is 15.3. The van der Waals surface area contributed by atoms with Crippen LogP contribution in [0, 0.1) is 0 Å². The summed E-state index contributed by atoms with van der Waals surface area (Å²) in [5.74, 6) is 0. The molecule has 1 aliphatic rings. The second-order valence-electron chi connectivity index (χ2n) is 5.57. The predicted octanol–water partition coefficient (Wildman–Crippen LogP) is 3.00. The van der Waals surface area contributed by atoms with Crippen molar-refractivity contribution in [3.05, 3.63) is 29.8 Å². The third kappa shape index (κ3) is 4.18. The van der Waals surface area contributed by atoms with E-state index in [1.54, 1.807) is 0 Å². The maximum Gasteiger partial charge on any atom is 0.106 e. The van der Waals surface area contributed by atoms with E-state index in [0.717, 1.165) is 30.3 Å². The highest BCUT2D eigenvalue weighted by Gasteiger charge is 2.17. The molecular formula is C16H25N3S. The van der Waals surface area contributed by atoms with Crippen molar-refractivity contribution < 1.29 is 0 Å². The van der Waals surface area contributed by atoms with Crippen LogP contribution in [-0.2, 0) is 0 Å². The van der Waals surface area contributed by atoms with E-state index in [0.29, 0.717) is 4.99 Å². The second-order valence-corrected chi connectivity index (χ2v) is 6.01. The van der Waals surface area contributed by atoms with E-state index in [9.17, 15) is 0 Å². The van der Waals surface area contributed by atoms with Crippen molar-refractivity contribution in [1.29, 1.82) is 0 Å². The van der Waals surface area contributed by atoms with E-state index in [4.69, 9.17) is 18.0 Å². The quantitative estimate of drug-likeness (QED) is 0.624. The molecule has 0 aliphatic carbocycles. The minimum absolute atomic E-state index is 0.456. The number of rotatable bonds is 6. The van der Waals surface area contributed by atoms with Gasteiger partial charge in [0.15, 0.2) is 0 Å². The zero-order chi connectivity index (χ0) is 14.4. The Hall–Kier alpha value is -1.13. The Morgan fingerprint density at radius 3 is 2.95 bits per heavy atom. The summed E-state index contributed by atoms with van der Waals surface area (Å²) in [5.41, 5.74) is 7.72. The van der Waals surface area contributed by atoms with Gasteiger partial charge in [-0.05, 0) is 44.9 Å². The highest BCUT2D eigenvalue weighted by atomic mass is 32.1. The first-order chi connectivity index (χ1) is 9.68. The first-order valence-corrected chi connectivity index (χ1v) is 7.96. The number of nitrogens with one attached hydrogen (secondary N) is 1. The van der Waals surface area contributed by atoms with Gasteiger partial charge in [0, 0.05) is 30.4 Å². The van der Waals surface area contributed by atoms with Crippen molar-refractivity contribution >= 4 is 22.9 Å². The molecule has 0 aromatic heterocycles. The molecule has 20 heavy (non-hydrogen) atoms. The Balaban J connectivity index is 1.77. The van der Waals surface area contributed by atoms with Gasteiger partial charge in [-0.2, -0.15) is 0 Å². The van der Waals surface area contributed by atoms with Crippen LogP contribution in [0.3, 0.4) is 0 Å². The van der Waals surface area contributed by atoms with Crippen LogP contribution in [0.25, 0.3) is 0 Å². The molecule has 1 unspecified atom stereocenters. The summed E-state index contributed by atoms with van der Waals surface area (Å²) in [5, 5.41) is 3.45. The van der Waals surface area contributed by atoms with Crippen LogP contribution in [0.2, 0.25) is 0 Å². The smallest absolute Gasteiger partial charge is 0.106 e. The normalized spacial score (nSPS) is 19.8. The van der Waals surface area contributed by atoms with E-state index < -0.39 is 0 Å². The summed E-state index contributed by atoms with van der Waals surface area (Å²) in [7, 11) is 0. The molecule has 0 amide bonds. The summed E-state index contributed by atoms with van der Waals surface area (Å²) in [6.45, 7) is 5.73. The molecule has 110 valence electrons. The van der Waals surface area contributed by atoms with Gasteiger partial charge in [0.2, 0.25) is 0 Å². The maximum absolute atomic E-state index is 5.74. The van der Waals surface area contributed by atoms with Gasteiger partial charge in [0.25, 0.3) is 0 Å². The predicted molar refractivity (Wildman–Crippen MR) is 90.3 cm³/mol. The average molecular weight is 291 g/mol. The lowest BCUT2D eigenvalue weighted by atomic mass is 10.0. The van der Waals surface area contributed by atoms with Crippen molar-refractivity contribution in [2.45, 2.75) is 38.6 Å². The van der Waals surface area contributed by atoms with Crippen LogP contribution in [-0.4, -0.2) is 35.6 Å². The number of likely N-dealkylation sites (tertiary alicyclic amines) is 1. The molecule has 0 spiro atoms. The van der Waals surface area contributed by atoms with Gasteiger partial charge >= 0.3 is 0 Å². The van der Waals surface area contributed by atoms with E-state index in [-0.39, 0.29) is 0 Å². The number of para-hydroxylation sites is 1. The first-order valence-electron chi connectivity index (χ1n) is 7.55. The van der Waals surface area contributed by atoms with Gasteiger partial charge in [-0.1, -0.05) is 30.8 Å². The Labute approximate surface area is 127 Å². The number of hydrogen-bond donors (Lipinski definition) is 2. The summed E-state index contributed by atoms with van der Waals surface area (Å²) in [4.78, 5) is 3.06. The Morgan fingerprint density at radius 2 is 2.20 bits per heavy atom. The summed E-state index contributed by atoms with van der Waals surface area (Å²) >= 11 is 5.08. The largest absolute Gasteiger partial charge is 0.389 e. The molecule has 1 aromatic rings. The van der Waals surface area contributed by atoms with Crippen LogP contribution in [0.15, 0.2) is 24.3 Å². The van der Waals surface area contributed by atoms with Crippen molar-refractivity contribution in [1.82, 2.24) is 4.90 Å². The highest BCUT2D eigenvalue weighted by Crippen LogP contribution is 2.17. The minimum Gasteiger partial charge on any atom is -0.389 e. The fraction of sp³-hybridized carbons (Fsp3) is 0.562. The third-order valence-corrected chi connectivity index (χ3v) is 4.29. The Kier molecular flexibility index (Phi) is 5.80. The van der Waals surface area contributed by atoms with Gasteiger partial charge in [-0.25, -0.2) is 0 Å². The molecule has 1 aliphatic heterocycles. The number of anilines is 1. The number of nitrogens with zero attached hydrogens (tertiary/aromatic N) is 1. The van der Waals surface area contributed by atoms with Gasteiger partial charge in [0.05, 0.1) is 0 Å². The minimum atomic E-state index is 0.456. The van der Waals surface area contributed by atoms with E-state index in [1.807, 2.05) is 24.3 Å².